The summed E-state index contributed by atoms with van der Waals surface area (Å²) >= 11 is 0. The second kappa shape index (κ2) is 7.94. The van der Waals surface area contributed by atoms with Crippen LogP contribution in [0.5, 0.6) is 0 Å². The van der Waals surface area contributed by atoms with Gasteiger partial charge >= 0.3 is 5.97 Å². The Morgan fingerprint density at radius 3 is 2.32 bits per heavy atom. The Balaban J connectivity index is 2.38. The minimum absolute atomic E-state index is 0.0408. The molecular weight excluding hydrogens is 282 g/mol. The van der Waals surface area contributed by atoms with Gasteiger partial charge in [-0.15, -0.1) is 0 Å². The summed E-state index contributed by atoms with van der Waals surface area (Å²) in [6.07, 6.45) is 1.17. The van der Waals surface area contributed by atoms with Gasteiger partial charge in [-0.2, -0.15) is 0 Å². The molecular formula is C17H25NO4. The van der Waals surface area contributed by atoms with Gasteiger partial charge < -0.3 is 15.5 Å². The van der Waals surface area contributed by atoms with E-state index in [4.69, 9.17) is 5.11 Å². The lowest BCUT2D eigenvalue weighted by molar-refractivity contribution is -0.121. The molecule has 122 valence electrons. The standard InChI is InChI=1S/C17H25NO4/c1-12(19)10-17(2,3)11-18-15(20)9-6-13-4-7-14(8-5-13)16(21)22/h4-5,7-8,12,19H,6,9-11H2,1-3H3,(H,18,20)(H,21,22). The molecule has 0 fully saturated rings. The predicted octanol–water partition coefficient (Wildman–Crippen LogP) is 2.23. The molecule has 0 radical (unpaired) electrons. The molecule has 22 heavy (non-hydrogen) atoms. The molecule has 5 nitrogen and oxygen atoms in total. The fourth-order valence-electron chi connectivity index (χ4n) is 2.37. The monoisotopic (exact) mass is 307 g/mol. The van der Waals surface area contributed by atoms with Gasteiger partial charge in [-0.05, 0) is 42.9 Å². The maximum absolute atomic E-state index is 11.9. The number of nitrogens with one attached hydrogen (secondary N) is 1. The summed E-state index contributed by atoms with van der Waals surface area (Å²) in [7, 11) is 0. The minimum Gasteiger partial charge on any atom is -0.478 e. The molecule has 1 amide bonds. The van der Waals surface area contributed by atoms with E-state index in [1.807, 2.05) is 13.8 Å². The van der Waals surface area contributed by atoms with Crippen LogP contribution >= 0.6 is 0 Å². The van der Waals surface area contributed by atoms with E-state index in [2.05, 4.69) is 5.32 Å². The third kappa shape index (κ3) is 6.72. The number of aliphatic hydroxyl groups excluding tert-OH is 1. The maximum Gasteiger partial charge on any atom is 0.335 e. The van der Waals surface area contributed by atoms with E-state index < -0.39 is 5.97 Å². The lowest BCUT2D eigenvalue weighted by Crippen LogP contribution is -2.35. The smallest absolute Gasteiger partial charge is 0.335 e. The van der Waals surface area contributed by atoms with Crippen molar-refractivity contribution < 1.29 is 19.8 Å². The number of carboxylic acid groups (broad SMARTS) is 1. The number of carboxylic acids is 1. The Morgan fingerprint density at radius 1 is 1.23 bits per heavy atom. The summed E-state index contributed by atoms with van der Waals surface area (Å²) in [6, 6.07) is 6.55. The number of amides is 1. The lowest BCUT2D eigenvalue weighted by Gasteiger charge is -2.26. The molecule has 0 saturated carbocycles. The number of carbonyl (C=O) groups is 2. The van der Waals surface area contributed by atoms with Gasteiger partial charge in [-0.1, -0.05) is 26.0 Å². The highest BCUT2D eigenvalue weighted by Gasteiger charge is 2.20. The Labute approximate surface area is 131 Å². The molecule has 0 spiro atoms. The molecule has 1 rings (SSSR count). The molecule has 0 aromatic heterocycles. The molecule has 1 aromatic carbocycles. The molecule has 1 aromatic rings. The first kappa shape index (κ1) is 18.2. The number of hydrogen-bond donors (Lipinski definition) is 3. The van der Waals surface area contributed by atoms with Crippen LogP contribution in [0.25, 0.3) is 0 Å². The molecule has 1 atom stereocenters. The zero-order valence-corrected chi connectivity index (χ0v) is 13.4. The van der Waals surface area contributed by atoms with Gasteiger partial charge in [-0.25, -0.2) is 4.79 Å². The van der Waals surface area contributed by atoms with Gasteiger partial charge in [0.1, 0.15) is 0 Å². The molecule has 0 heterocycles. The van der Waals surface area contributed by atoms with E-state index in [0.29, 0.717) is 25.8 Å². The van der Waals surface area contributed by atoms with E-state index >= 15 is 0 Å². The number of aliphatic hydroxyl groups is 1. The predicted molar refractivity (Wildman–Crippen MR) is 84.8 cm³/mol. The van der Waals surface area contributed by atoms with E-state index in [9.17, 15) is 14.7 Å². The number of aryl methyl sites for hydroxylation is 1. The highest BCUT2D eigenvalue weighted by molar-refractivity contribution is 5.87. The number of benzene rings is 1. The van der Waals surface area contributed by atoms with Crippen molar-refractivity contribution in [1.82, 2.24) is 5.32 Å². The van der Waals surface area contributed by atoms with E-state index in [1.165, 1.54) is 0 Å². The van der Waals surface area contributed by atoms with Gasteiger partial charge in [0, 0.05) is 13.0 Å². The molecule has 0 bridgehead atoms. The first-order chi connectivity index (χ1) is 10.2. The lowest BCUT2D eigenvalue weighted by atomic mass is 9.87. The Hall–Kier alpha value is -1.88. The van der Waals surface area contributed by atoms with E-state index in [0.717, 1.165) is 5.56 Å². The topological polar surface area (TPSA) is 86.6 Å². The molecule has 1 unspecified atom stereocenters. The van der Waals surface area contributed by atoms with Gasteiger partial charge in [0.25, 0.3) is 0 Å². The third-order valence-corrected chi connectivity index (χ3v) is 3.45. The second-order valence-electron chi connectivity index (χ2n) is 6.50. The summed E-state index contributed by atoms with van der Waals surface area (Å²) < 4.78 is 0. The Kier molecular flexibility index (Phi) is 6.56. The maximum atomic E-state index is 11.9. The van der Waals surface area contributed by atoms with Crippen LogP contribution in [0.2, 0.25) is 0 Å². The summed E-state index contributed by atoms with van der Waals surface area (Å²) in [5.74, 6) is -0.995. The molecule has 5 heteroatoms. The normalized spacial score (nSPS) is 12.7. The molecule has 0 aliphatic heterocycles. The van der Waals surface area contributed by atoms with Crippen molar-refractivity contribution in [2.75, 3.05) is 6.54 Å². The fraction of sp³-hybridized carbons (Fsp3) is 0.529. The van der Waals surface area contributed by atoms with Gasteiger partial charge in [0.2, 0.25) is 5.91 Å². The molecule has 0 aliphatic rings. The van der Waals surface area contributed by atoms with E-state index in [-0.39, 0.29) is 23.0 Å². The minimum atomic E-state index is -0.954. The van der Waals surface area contributed by atoms with Crippen LogP contribution in [0, 0.1) is 5.41 Å². The second-order valence-corrected chi connectivity index (χ2v) is 6.50. The van der Waals surface area contributed by atoms with Crippen LogP contribution < -0.4 is 5.32 Å². The summed E-state index contributed by atoms with van der Waals surface area (Å²) in [4.78, 5) is 22.6. The Morgan fingerprint density at radius 2 is 1.82 bits per heavy atom. The first-order valence-corrected chi connectivity index (χ1v) is 7.46. The van der Waals surface area contributed by atoms with Gasteiger partial charge in [0.05, 0.1) is 11.7 Å². The van der Waals surface area contributed by atoms with Crippen molar-refractivity contribution in [1.29, 1.82) is 0 Å². The van der Waals surface area contributed by atoms with Crippen LogP contribution in [0.15, 0.2) is 24.3 Å². The van der Waals surface area contributed by atoms with Gasteiger partial charge in [0.15, 0.2) is 0 Å². The largest absolute Gasteiger partial charge is 0.478 e. The average Bonchev–Trinajstić information content (AvgIpc) is 2.42. The van der Waals surface area contributed by atoms with Crippen molar-refractivity contribution in [2.45, 2.75) is 46.1 Å². The van der Waals surface area contributed by atoms with Gasteiger partial charge in [-0.3, -0.25) is 4.79 Å². The average molecular weight is 307 g/mol. The van der Waals surface area contributed by atoms with E-state index in [1.54, 1.807) is 31.2 Å². The molecule has 0 aliphatic carbocycles. The van der Waals surface area contributed by atoms with Crippen LogP contribution in [-0.4, -0.2) is 34.7 Å². The summed E-state index contributed by atoms with van der Waals surface area (Å²) in [5, 5.41) is 21.1. The van der Waals surface area contributed by atoms with Crippen LogP contribution in [0.3, 0.4) is 0 Å². The van der Waals surface area contributed by atoms with Crippen molar-refractivity contribution in [3.63, 3.8) is 0 Å². The third-order valence-electron chi connectivity index (χ3n) is 3.45. The number of aromatic carboxylic acids is 1. The van der Waals surface area contributed by atoms with Crippen LogP contribution in [0.1, 0.15) is 49.5 Å². The zero-order valence-electron chi connectivity index (χ0n) is 13.4. The number of rotatable bonds is 8. The molecule has 3 N–H and O–H groups in total. The van der Waals surface area contributed by atoms with Crippen LogP contribution in [-0.2, 0) is 11.2 Å². The fourth-order valence-corrected chi connectivity index (χ4v) is 2.37. The van der Waals surface area contributed by atoms with Crippen molar-refractivity contribution >= 4 is 11.9 Å². The van der Waals surface area contributed by atoms with Crippen molar-refractivity contribution in [3.8, 4) is 0 Å². The van der Waals surface area contributed by atoms with Crippen molar-refractivity contribution in [3.05, 3.63) is 35.4 Å². The Bertz CT molecular complexity index is 506. The number of hydrogen-bond acceptors (Lipinski definition) is 3. The SMILES string of the molecule is CC(O)CC(C)(C)CNC(=O)CCc1ccc(C(=O)O)cc1. The summed E-state index contributed by atoms with van der Waals surface area (Å²) in [6.45, 7) is 6.27. The first-order valence-electron chi connectivity index (χ1n) is 7.46. The molecule has 0 saturated heterocycles. The van der Waals surface area contributed by atoms with Crippen molar-refractivity contribution in [2.24, 2.45) is 5.41 Å². The summed E-state index contributed by atoms with van der Waals surface area (Å²) in [5.41, 5.74) is 1.03. The van der Waals surface area contributed by atoms with Crippen LogP contribution in [0.4, 0.5) is 0 Å². The quantitative estimate of drug-likeness (QED) is 0.687. The zero-order chi connectivity index (χ0) is 16.8. The highest BCUT2D eigenvalue weighted by atomic mass is 16.4. The highest BCUT2D eigenvalue weighted by Crippen LogP contribution is 2.21. The number of carbonyl (C=O) groups excluding carboxylic acids is 1.